The maximum Gasteiger partial charge on any atom is 0.0826 e. The van der Waals surface area contributed by atoms with Crippen molar-refractivity contribution in [3.8, 4) is 0 Å². The first-order valence-electron chi connectivity index (χ1n) is 13.9. The van der Waals surface area contributed by atoms with Crippen LogP contribution in [0.5, 0.6) is 0 Å². The Morgan fingerprint density at radius 2 is 0.833 bits per heavy atom. The summed E-state index contributed by atoms with van der Waals surface area (Å²) >= 11 is 0. The van der Waals surface area contributed by atoms with Crippen LogP contribution in [0.25, 0.3) is 0 Å². The summed E-state index contributed by atoms with van der Waals surface area (Å²) in [5.41, 5.74) is 5.32. The topological polar surface area (TPSA) is 56.6 Å². The summed E-state index contributed by atoms with van der Waals surface area (Å²) in [7, 11) is 0. The fourth-order valence-corrected chi connectivity index (χ4v) is 5.02. The van der Waals surface area contributed by atoms with Crippen molar-refractivity contribution in [2.45, 2.75) is 62.9 Å². The van der Waals surface area contributed by atoms with E-state index in [-0.39, 0.29) is 0 Å². The molecular formula is C30H40N2O4. The van der Waals surface area contributed by atoms with E-state index in [9.17, 15) is 0 Å². The van der Waals surface area contributed by atoms with Crippen molar-refractivity contribution in [1.29, 1.82) is 0 Å². The van der Waals surface area contributed by atoms with Crippen LogP contribution < -0.4 is 9.80 Å². The summed E-state index contributed by atoms with van der Waals surface area (Å²) < 4.78 is 21.8. The zero-order valence-corrected chi connectivity index (χ0v) is 21.5. The fraction of sp³-hybridized carbons (Fsp3) is 0.600. The number of epoxide rings is 4. The van der Waals surface area contributed by atoms with E-state index in [0.717, 1.165) is 78.3 Å². The van der Waals surface area contributed by atoms with Crippen LogP contribution in [0.1, 0.15) is 49.7 Å². The van der Waals surface area contributed by atoms with Crippen molar-refractivity contribution in [3.63, 3.8) is 0 Å². The highest BCUT2D eigenvalue weighted by Gasteiger charge is 2.27. The summed E-state index contributed by atoms with van der Waals surface area (Å²) in [5, 5.41) is 0. The quantitative estimate of drug-likeness (QED) is 0.319. The van der Waals surface area contributed by atoms with Crippen molar-refractivity contribution >= 4 is 11.4 Å². The highest BCUT2D eigenvalue weighted by molar-refractivity contribution is 5.51. The van der Waals surface area contributed by atoms with E-state index >= 15 is 0 Å². The molecule has 2 aromatic rings. The lowest BCUT2D eigenvalue weighted by molar-refractivity contribution is 0.388. The van der Waals surface area contributed by atoms with E-state index in [1.807, 2.05) is 0 Å². The van der Waals surface area contributed by atoms with Gasteiger partial charge in [-0.1, -0.05) is 31.2 Å². The molecule has 6 nitrogen and oxygen atoms in total. The van der Waals surface area contributed by atoms with Crippen molar-refractivity contribution in [3.05, 3.63) is 59.7 Å². The third-order valence-corrected chi connectivity index (χ3v) is 8.01. The molecule has 6 heteroatoms. The third kappa shape index (κ3) is 7.00. The third-order valence-electron chi connectivity index (χ3n) is 8.01. The summed E-state index contributed by atoms with van der Waals surface area (Å²) in [6, 6.07) is 18.4. The maximum atomic E-state index is 5.44. The van der Waals surface area contributed by atoms with Crippen LogP contribution in [0.3, 0.4) is 0 Å². The molecule has 4 atom stereocenters. The molecule has 194 valence electrons. The first-order valence-corrected chi connectivity index (χ1v) is 13.9. The zero-order valence-electron chi connectivity index (χ0n) is 21.5. The van der Waals surface area contributed by atoms with E-state index in [4.69, 9.17) is 18.9 Å². The van der Waals surface area contributed by atoms with Crippen LogP contribution in [0.4, 0.5) is 11.4 Å². The average Bonchev–Trinajstić information content (AvgIpc) is 3.70. The predicted octanol–water partition coefficient (Wildman–Crippen LogP) is 4.61. The maximum absolute atomic E-state index is 5.44. The predicted molar refractivity (Wildman–Crippen MR) is 142 cm³/mol. The monoisotopic (exact) mass is 492 g/mol. The molecule has 36 heavy (non-hydrogen) atoms. The van der Waals surface area contributed by atoms with Crippen molar-refractivity contribution in [2.24, 2.45) is 0 Å². The van der Waals surface area contributed by atoms with Crippen LogP contribution in [0.2, 0.25) is 0 Å². The molecule has 4 aliphatic heterocycles. The Kier molecular flexibility index (Phi) is 7.47. The molecule has 2 aromatic carbocycles. The Balaban J connectivity index is 1.08. The molecule has 4 unspecified atom stereocenters. The molecule has 4 aliphatic rings. The molecule has 0 aromatic heterocycles. The average molecular weight is 493 g/mol. The second kappa shape index (κ2) is 11.1. The molecule has 0 aliphatic carbocycles. The van der Waals surface area contributed by atoms with E-state index in [1.165, 1.54) is 22.5 Å². The van der Waals surface area contributed by atoms with Gasteiger partial charge in [0.1, 0.15) is 0 Å². The van der Waals surface area contributed by atoms with Crippen LogP contribution in [0.15, 0.2) is 48.5 Å². The van der Waals surface area contributed by atoms with Gasteiger partial charge in [0.25, 0.3) is 0 Å². The number of hydrogen-bond donors (Lipinski definition) is 0. The summed E-state index contributed by atoms with van der Waals surface area (Å²) in [6.07, 6.45) is 6.28. The zero-order chi connectivity index (χ0) is 24.3. The van der Waals surface area contributed by atoms with Gasteiger partial charge in [0.05, 0.1) is 50.8 Å². The molecule has 0 N–H and O–H groups in total. The Bertz CT molecular complexity index is 854. The molecule has 0 bridgehead atoms. The molecule has 4 saturated heterocycles. The number of anilines is 2. The SMILES string of the molecule is CC(c1ccc(N(CCC2CO2)CCC2CO2)cc1)c1ccc(N(CCC2CO2)CCC2CO2)cc1. The number of nitrogens with zero attached hydrogens (tertiary/aromatic N) is 2. The first-order chi connectivity index (χ1) is 17.7. The highest BCUT2D eigenvalue weighted by atomic mass is 16.6. The Morgan fingerprint density at radius 3 is 1.08 bits per heavy atom. The molecule has 0 amide bonds. The minimum absolute atomic E-state index is 0.356. The van der Waals surface area contributed by atoms with E-state index in [1.54, 1.807) is 0 Å². The van der Waals surface area contributed by atoms with Crippen LogP contribution in [-0.4, -0.2) is 77.0 Å². The standard InChI is InChI=1S/C30H40N2O4/c1-22(23-2-6-25(7-3-23)31(14-10-27-18-33-27)15-11-28-19-34-28)24-4-8-26(9-5-24)32(16-12-29-20-35-29)17-13-30-21-36-30/h2-9,22,27-30H,10-21H2,1H3. The molecular weight excluding hydrogens is 452 g/mol. The number of benzene rings is 2. The van der Waals surface area contributed by atoms with Gasteiger partial charge < -0.3 is 28.7 Å². The number of rotatable bonds is 16. The molecule has 0 saturated carbocycles. The van der Waals surface area contributed by atoms with Gasteiger partial charge in [-0.25, -0.2) is 0 Å². The highest BCUT2D eigenvalue weighted by Crippen LogP contribution is 2.30. The van der Waals surface area contributed by atoms with E-state index in [0.29, 0.717) is 30.3 Å². The van der Waals surface area contributed by atoms with Gasteiger partial charge in [0.2, 0.25) is 0 Å². The van der Waals surface area contributed by atoms with Gasteiger partial charge in [-0.3, -0.25) is 0 Å². The van der Waals surface area contributed by atoms with Crippen LogP contribution in [0, 0.1) is 0 Å². The minimum Gasteiger partial charge on any atom is -0.373 e. The van der Waals surface area contributed by atoms with Crippen LogP contribution in [-0.2, 0) is 18.9 Å². The lowest BCUT2D eigenvalue weighted by atomic mass is 9.92. The fourth-order valence-electron chi connectivity index (χ4n) is 5.02. The summed E-state index contributed by atoms with van der Waals surface area (Å²) in [5.74, 6) is 0.356. The largest absolute Gasteiger partial charge is 0.373 e. The van der Waals surface area contributed by atoms with Crippen molar-refractivity contribution < 1.29 is 18.9 Å². The number of hydrogen-bond acceptors (Lipinski definition) is 6. The lowest BCUT2D eigenvalue weighted by Crippen LogP contribution is -2.27. The van der Waals surface area contributed by atoms with Crippen LogP contribution >= 0.6 is 0 Å². The molecule has 6 rings (SSSR count). The Labute approximate surface area is 215 Å². The van der Waals surface area contributed by atoms with E-state index in [2.05, 4.69) is 65.3 Å². The normalized spacial score (nSPS) is 26.4. The van der Waals surface area contributed by atoms with Gasteiger partial charge in [0.15, 0.2) is 0 Å². The Morgan fingerprint density at radius 1 is 0.556 bits per heavy atom. The first kappa shape index (κ1) is 24.2. The smallest absolute Gasteiger partial charge is 0.0826 e. The minimum atomic E-state index is 0.356. The van der Waals surface area contributed by atoms with Gasteiger partial charge in [-0.15, -0.1) is 0 Å². The lowest BCUT2D eigenvalue weighted by Gasteiger charge is -2.26. The summed E-state index contributed by atoms with van der Waals surface area (Å²) in [6.45, 7) is 10.2. The molecule has 4 fully saturated rings. The molecule has 4 heterocycles. The number of ether oxygens (including phenoxy) is 4. The van der Waals surface area contributed by atoms with Gasteiger partial charge >= 0.3 is 0 Å². The van der Waals surface area contributed by atoms with E-state index < -0.39 is 0 Å². The summed E-state index contributed by atoms with van der Waals surface area (Å²) in [4.78, 5) is 5.00. The van der Waals surface area contributed by atoms with Gasteiger partial charge in [-0.05, 0) is 61.1 Å². The van der Waals surface area contributed by atoms with Crippen molar-refractivity contribution in [2.75, 3.05) is 62.4 Å². The molecule has 0 spiro atoms. The Hall–Kier alpha value is -2.12. The van der Waals surface area contributed by atoms with Gasteiger partial charge in [-0.2, -0.15) is 0 Å². The molecule has 0 radical (unpaired) electrons. The van der Waals surface area contributed by atoms with Crippen molar-refractivity contribution in [1.82, 2.24) is 0 Å². The second-order valence-electron chi connectivity index (χ2n) is 10.9. The van der Waals surface area contributed by atoms with Gasteiger partial charge in [0, 0.05) is 43.5 Å². The second-order valence-corrected chi connectivity index (χ2v) is 10.9.